The quantitative estimate of drug-likeness (QED) is 0.809. The molecule has 0 aliphatic carbocycles. The van der Waals surface area contributed by atoms with E-state index in [1.807, 2.05) is 6.07 Å². The van der Waals surface area contributed by atoms with Gasteiger partial charge in [0, 0.05) is 38.3 Å². The lowest BCUT2D eigenvalue weighted by Gasteiger charge is -2.29. The fourth-order valence-electron chi connectivity index (χ4n) is 2.02. The molecule has 0 fully saturated rings. The molecule has 0 saturated carbocycles. The average Bonchev–Trinajstić information content (AvgIpc) is 2.26. The van der Waals surface area contributed by atoms with Gasteiger partial charge in [-0.05, 0) is 25.7 Å². The number of hydrogen-bond acceptors (Lipinski definition) is 4. The Balaban J connectivity index is 1.98. The van der Waals surface area contributed by atoms with Gasteiger partial charge in [0.1, 0.15) is 5.82 Å². The molecule has 0 saturated heterocycles. The zero-order valence-corrected chi connectivity index (χ0v) is 10.1. The largest absolute Gasteiger partial charge is 0.384 e. The lowest BCUT2D eigenvalue weighted by Crippen LogP contribution is -2.36. The number of likely N-dealkylation sites (N-methyl/N-ethyl adjacent to an activating group) is 1. The van der Waals surface area contributed by atoms with Gasteiger partial charge >= 0.3 is 0 Å². The van der Waals surface area contributed by atoms with Crippen LogP contribution in [-0.4, -0.2) is 48.5 Å². The zero-order valence-electron chi connectivity index (χ0n) is 10.1. The Hall–Kier alpha value is -1.13. The number of rotatable bonds is 3. The van der Waals surface area contributed by atoms with Crippen molar-refractivity contribution in [1.82, 2.24) is 14.8 Å². The molecule has 0 atom stereocenters. The van der Waals surface area contributed by atoms with Gasteiger partial charge in [0.05, 0.1) is 0 Å². The molecule has 16 heavy (non-hydrogen) atoms. The highest BCUT2D eigenvalue weighted by atomic mass is 15.2. The molecule has 4 heteroatoms. The summed E-state index contributed by atoms with van der Waals surface area (Å²) in [4.78, 5) is 9.08. The number of pyridine rings is 1. The monoisotopic (exact) mass is 220 g/mol. The van der Waals surface area contributed by atoms with Crippen molar-refractivity contribution >= 4 is 5.82 Å². The lowest BCUT2D eigenvalue weighted by molar-refractivity contribution is 0.224. The molecule has 2 N–H and O–H groups in total. The molecule has 88 valence electrons. The summed E-state index contributed by atoms with van der Waals surface area (Å²) in [7, 11) is 4.22. The Morgan fingerprint density at radius 1 is 1.44 bits per heavy atom. The summed E-state index contributed by atoms with van der Waals surface area (Å²) in [5.41, 5.74) is 8.20. The van der Waals surface area contributed by atoms with E-state index in [9.17, 15) is 0 Å². The van der Waals surface area contributed by atoms with Crippen molar-refractivity contribution in [2.24, 2.45) is 0 Å². The second kappa shape index (κ2) is 4.80. The van der Waals surface area contributed by atoms with Crippen LogP contribution in [0.4, 0.5) is 5.82 Å². The van der Waals surface area contributed by atoms with Crippen LogP contribution in [0.15, 0.2) is 12.1 Å². The molecule has 2 rings (SSSR count). The normalized spacial score (nSPS) is 16.4. The van der Waals surface area contributed by atoms with Gasteiger partial charge in [0.15, 0.2) is 0 Å². The highest BCUT2D eigenvalue weighted by molar-refractivity contribution is 5.35. The summed E-state index contributed by atoms with van der Waals surface area (Å²) >= 11 is 0. The fraction of sp³-hybridized carbons (Fsp3) is 0.583. The minimum absolute atomic E-state index is 0.639. The van der Waals surface area contributed by atoms with Crippen LogP contribution in [0.3, 0.4) is 0 Å². The summed E-state index contributed by atoms with van der Waals surface area (Å²) < 4.78 is 0. The molecule has 1 aliphatic heterocycles. The number of nitrogen functional groups attached to an aromatic ring is 1. The Kier molecular flexibility index (Phi) is 3.41. The standard InChI is InChI=1S/C12H20N4/c1-15(2)7-8-16-6-5-11-10(9-16)3-4-12(13)14-11/h3-4H,5-9H2,1-2H3,(H2,13,14). The Labute approximate surface area is 97.1 Å². The van der Waals surface area contributed by atoms with E-state index in [1.54, 1.807) is 0 Å². The van der Waals surface area contributed by atoms with E-state index in [-0.39, 0.29) is 0 Å². The number of aromatic nitrogens is 1. The van der Waals surface area contributed by atoms with Gasteiger partial charge in [0.2, 0.25) is 0 Å². The van der Waals surface area contributed by atoms with E-state index in [0.29, 0.717) is 5.82 Å². The van der Waals surface area contributed by atoms with Crippen LogP contribution in [0, 0.1) is 0 Å². The third-order valence-corrected chi connectivity index (χ3v) is 3.01. The van der Waals surface area contributed by atoms with Gasteiger partial charge in [-0.1, -0.05) is 6.07 Å². The van der Waals surface area contributed by atoms with E-state index < -0.39 is 0 Å². The predicted molar refractivity (Wildman–Crippen MR) is 66.2 cm³/mol. The molecule has 0 aromatic carbocycles. The molecule has 0 amide bonds. The van der Waals surface area contributed by atoms with Gasteiger partial charge in [0.25, 0.3) is 0 Å². The Morgan fingerprint density at radius 2 is 2.25 bits per heavy atom. The van der Waals surface area contributed by atoms with E-state index in [0.717, 1.165) is 32.6 Å². The zero-order chi connectivity index (χ0) is 11.5. The average molecular weight is 220 g/mol. The van der Waals surface area contributed by atoms with Gasteiger partial charge in [-0.2, -0.15) is 0 Å². The molecular formula is C12H20N4. The molecule has 0 unspecified atom stereocenters. The summed E-state index contributed by atoms with van der Waals surface area (Å²) in [5, 5.41) is 0. The maximum absolute atomic E-state index is 5.68. The van der Waals surface area contributed by atoms with Crippen LogP contribution < -0.4 is 5.73 Å². The van der Waals surface area contributed by atoms with Crippen molar-refractivity contribution < 1.29 is 0 Å². The molecule has 2 heterocycles. The van der Waals surface area contributed by atoms with Crippen LogP contribution in [0.1, 0.15) is 11.3 Å². The first-order valence-electron chi connectivity index (χ1n) is 5.76. The van der Waals surface area contributed by atoms with Gasteiger partial charge in [-0.15, -0.1) is 0 Å². The minimum Gasteiger partial charge on any atom is -0.384 e. The van der Waals surface area contributed by atoms with Gasteiger partial charge < -0.3 is 10.6 Å². The SMILES string of the molecule is CN(C)CCN1CCc2nc(N)ccc2C1. The molecule has 0 bridgehead atoms. The maximum atomic E-state index is 5.68. The van der Waals surface area contributed by atoms with E-state index >= 15 is 0 Å². The minimum atomic E-state index is 0.639. The molecule has 1 aromatic heterocycles. The number of anilines is 1. The summed E-state index contributed by atoms with van der Waals surface area (Å²) in [6.07, 6.45) is 1.02. The molecule has 0 radical (unpaired) electrons. The molecule has 1 aliphatic rings. The first-order chi connectivity index (χ1) is 7.65. The maximum Gasteiger partial charge on any atom is 0.123 e. The first-order valence-corrected chi connectivity index (χ1v) is 5.76. The van der Waals surface area contributed by atoms with Crippen molar-refractivity contribution in [2.45, 2.75) is 13.0 Å². The third-order valence-electron chi connectivity index (χ3n) is 3.01. The summed E-state index contributed by atoms with van der Waals surface area (Å²) in [6, 6.07) is 4.01. The second-order valence-electron chi connectivity index (χ2n) is 4.67. The van der Waals surface area contributed by atoms with Gasteiger partial charge in [-0.3, -0.25) is 4.90 Å². The molecule has 0 spiro atoms. The van der Waals surface area contributed by atoms with Crippen molar-refractivity contribution in [3.8, 4) is 0 Å². The van der Waals surface area contributed by atoms with Crippen LogP contribution in [-0.2, 0) is 13.0 Å². The van der Waals surface area contributed by atoms with Crippen molar-refractivity contribution in [2.75, 3.05) is 39.5 Å². The number of nitrogens with two attached hydrogens (primary N) is 1. The highest BCUT2D eigenvalue weighted by Gasteiger charge is 2.16. The van der Waals surface area contributed by atoms with Crippen LogP contribution >= 0.6 is 0 Å². The third kappa shape index (κ3) is 2.71. The number of fused-ring (bicyclic) bond motifs is 1. The van der Waals surface area contributed by atoms with E-state index in [2.05, 4.69) is 34.9 Å². The van der Waals surface area contributed by atoms with Crippen molar-refractivity contribution in [3.63, 3.8) is 0 Å². The Bertz CT molecular complexity index is 362. The fourth-order valence-corrected chi connectivity index (χ4v) is 2.02. The summed E-state index contributed by atoms with van der Waals surface area (Å²) in [5.74, 6) is 0.639. The van der Waals surface area contributed by atoms with Crippen LogP contribution in [0.25, 0.3) is 0 Å². The van der Waals surface area contributed by atoms with Crippen molar-refractivity contribution in [1.29, 1.82) is 0 Å². The topological polar surface area (TPSA) is 45.4 Å². The van der Waals surface area contributed by atoms with E-state index in [1.165, 1.54) is 11.3 Å². The Morgan fingerprint density at radius 3 is 3.00 bits per heavy atom. The summed E-state index contributed by atoms with van der Waals surface area (Å²) in [6.45, 7) is 4.34. The lowest BCUT2D eigenvalue weighted by atomic mass is 10.1. The molecule has 1 aromatic rings. The van der Waals surface area contributed by atoms with Gasteiger partial charge in [-0.25, -0.2) is 4.98 Å². The second-order valence-corrected chi connectivity index (χ2v) is 4.67. The van der Waals surface area contributed by atoms with Crippen LogP contribution in [0.2, 0.25) is 0 Å². The predicted octanol–water partition coefficient (Wildman–Crippen LogP) is 0.584. The smallest absolute Gasteiger partial charge is 0.123 e. The molecular weight excluding hydrogens is 200 g/mol. The first kappa shape index (κ1) is 11.4. The number of hydrogen-bond donors (Lipinski definition) is 1. The highest BCUT2D eigenvalue weighted by Crippen LogP contribution is 2.17. The molecule has 4 nitrogen and oxygen atoms in total. The number of nitrogens with zero attached hydrogens (tertiary/aromatic N) is 3. The van der Waals surface area contributed by atoms with Crippen LogP contribution in [0.5, 0.6) is 0 Å². The van der Waals surface area contributed by atoms with E-state index in [4.69, 9.17) is 5.73 Å². The van der Waals surface area contributed by atoms with Crippen molar-refractivity contribution in [3.05, 3.63) is 23.4 Å².